The molecule has 1 saturated heterocycles. The second-order valence-electron chi connectivity index (χ2n) is 8.54. The van der Waals surface area contributed by atoms with E-state index in [1.807, 2.05) is 6.07 Å². The summed E-state index contributed by atoms with van der Waals surface area (Å²) in [6.07, 6.45) is 0. The Balaban J connectivity index is 1.59. The number of amides is 1. The van der Waals surface area contributed by atoms with Crippen molar-refractivity contribution in [3.8, 4) is 0 Å². The van der Waals surface area contributed by atoms with Gasteiger partial charge in [0.15, 0.2) is 0 Å². The molecular weight excluding hydrogens is 405 g/mol. The van der Waals surface area contributed by atoms with Crippen LogP contribution in [0.25, 0.3) is 0 Å². The van der Waals surface area contributed by atoms with Crippen molar-refractivity contribution in [3.05, 3.63) is 65.5 Å². The van der Waals surface area contributed by atoms with Gasteiger partial charge in [-0.3, -0.25) is 9.69 Å². The van der Waals surface area contributed by atoms with Gasteiger partial charge in [-0.05, 0) is 51.1 Å². The van der Waals surface area contributed by atoms with Crippen LogP contribution in [0.5, 0.6) is 0 Å². The maximum atomic E-state index is 13.8. The first-order chi connectivity index (χ1) is 14.0. The van der Waals surface area contributed by atoms with Gasteiger partial charge in [0, 0.05) is 49.4 Å². The highest BCUT2D eigenvalue weighted by Crippen LogP contribution is 2.17. The molecular formula is C22H28FN3O3S. The van der Waals surface area contributed by atoms with Crippen LogP contribution >= 0.6 is 0 Å². The van der Waals surface area contributed by atoms with E-state index >= 15 is 0 Å². The van der Waals surface area contributed by atoms with Crippen LogP contribution in [0.3, 0.4) is 0 Å². The lowest BCUT2D eigenvalue weighted by Crippen LogP contribution is -2.48. The zero-order chi connectivity index (χ0) is 21.9. The van der Waals surface area contributed by atoms with Crippen LogP contribution in [0.15, 0.2) is 53.4 Å². The Kier molecular flexibility index (Phi) is 6.59. The lowest BCUT2D eigenvalue weighted by Gasteiger charge is -2.34. The highest BCUT2D eigenvalue weighted by molar-refractivity contribution is 7.89. The number of hydrogen-bond acceptors (Lipinski definition) is 4. The van der Waals surface area contributed by atoms with Gasteiger partial charge in [0.2, 0.25) is 10.0 Å². The Morgan fingerprint density at radius 1 is 1.00 bits per heavy atom. The molecule has 0 aromatic heterocycles. The summed E-state index contributed by atoms with van der Waals surface area (Å²) in [7, 11) is -3.64. The molecule has 6 nitrogen and oxygen atoms in total. The van der Waals surface area contributed by atoms with Crippen molar-refractivity contribution < 1.29 is 17.6 Å². The SMILES string of the molecule is CC(C)(C)NS(=O)(=O)c1ccc(C(=O)N2CCN(Cc3ccccc3F)CC2)cc1. The minimum Gasteiger partial charge on any atom is -0.336 e. The topological polar surface area (TPSA) is 69.7 Å². The third-order valence-electron chi connectivity index (χ3n) is 4.86. The van der Waals surface area contributed by atoms with Crippen molar-refractivity contribution in [2.45, 2.75) is 37.8 Å². The average molecular weight is 434 g/mol. The van der Waals surface area contributed by atoms with Gasteiger partial charge in [0.1, 0.15) is 5.82 Å². The van der Waals surface area contributed by atoms with Gasteiger partial charge >= 0.3 is 0 Å². The number of rotatable bonds is 5. The highest BCUT2D eigenvalue weighted by Gasteiger charge is 2.25. The lowest BCUT2D eigenvalue weighted by atomic mass is 10.1. The first-order valence-corrected chi connectivity index (χ1v) is 11.4. The van der Waals surface area contributed by atoms with Crippen LogP contribution in [0.1, 0.15) is 36.7 Å². The van der Waals surface area contributed by atoms with Crippen molar-refractivity contribution in [1.29, 1.82) is 0 Å². The van der Waals surface area contributed by atoms with E-state index in [0.717, 1.165) is 0 Å². The molecule has 0 aliphatic carbocycles. The second-order valence-corrected chi connectivity index (χ2v) is 10.2. The fourth-order valence-electron chi connectivity index (χ4n) is 3.40. The number of benzene rings is 2. The van der Waals surface area contributed by atoms with Crippen LogP contribution in [-0.2, 0) is 16.6 Å². The maximum absolute atomic E-state index is 13.8. The van der Waals surface area contributed by atoms with Gasteiger partial charge in [-0.2, -0.15) is 0 Å². The number of halogens is 1. The molecule has 8 heteroatoms. The van der Waals surface area contributed by atoms with E-state index in [0.29, 0.717) is 43.9 Å². The Bertz CT molecular complexity index is 993. The number of nitrogens with one attached hydrogen (secondary N) is 1. The standard InChI is InChI=1S/C22H28FN3O3S/c1-22(2,3)24-30(28,29)19-10-8-17(9-11-19)21(27)26-14-12-25(13-15-26)16-18-6-4-5-7-20(18)23/h4-11,24H,12-16H2,1-3H3. The summed E-state index contributed by atoms with van der Waals surface area (Å²) in [6.45, 7) is 8.22. The van der Waals surface area contributed by atoms with Crippen LogP contribution in [0.4, 0.5) is 4.39 Å². The Labute approximate surface area is 177 Å². The zero-order valence-corrected chi connectivity index (χ0v) is 18.4. The third kappa shape index (κ3) is 5.65. The lowest BCUT2D eigenvalue weighted by molar-refractivity contribution is 0.0627. The molecule has 1 heterocycles. The van der Waals surface area contributed by atoms with E-state index in [1.165, 1.54) is 18.2 Å². The van der Waals surface area contributed by atoms with Gasteiger partial charge in [-0.25, -0.2) is 17.5 Å². The molecule has 3 rings (SSSR count). The van der Waals surface area contributed by atoms with E-state index in [2.05, 4.69) is 9.62 Å². The van der Waals surface area contributed by atoms with Gasteiger partial charge in [0.25, 0.3) is 5.91 Å². The molecule has 1 aliphatic rings. The fourth-order valence-corrected chi connectivity index (χ4v) is 4.82. The molecule has 30 heavy (non-hydrogen) atoms. The monoisotopic (exact) mass is 433 g/mol. The molecule has 1 fully saturated rings. The second kappa shape index (κ2) is 8.83. The Hall–Kier alpha value is -2.29. The van der Waals surface area contributed by atoms with Crippen LogP contribution in [0.2, 0.25) is 0 Å². The first-order valence-electron chi connectivity index (χ1n) is 9.94. The smallest absolute Gasteiger partial charge is 0.253 e. The molecule has 2 aromatic carbocycles. The Morgan fingerprint density at radius 2 is 1.60 bits per heavy atom. The van der Waals surface area contributed by atoms with Crippen LogP contribution in [-0.4, -0.2) is 55.8 Å². The Morgan fingerprint density at radius 3 is 2.17 bits per heavy atom. The molecule has 0 saturated carbocycles. The number of carbonyl (C=O) groups excluding carboxylic acids is 1. The van der Waals surface area contributed by atoms with Crippen LogP contribution < -0.4 is 4.72 Å². The number of hydrogen-bond donors (Lipinski definition) is 1. The van der Waals surface area contributed by atoms with E-state index in [-0.39, 0.29) is 16.6 Å². The number of carbonyl (C=O) groups is 1. The molecule has 0 bridgehead atoms. The summed E-state index contributed by atoms with van der Waals surface area (Å²) >= 11 is 0. The third-order valence-corrected chi connectivity index (χ3v) is 6.64. The van der Waals surface area contributed by atoms with Crippen molar-refractivity contribution in [2.24, 2.45) is 0 Å². The quantitative estimate of drug-likeness (QED) is 0.787. The maximum Gasteiger partial charge on any atom is 0.253 e. The fraction of sp³-hybridized carbons (Fsp3) is 0.409. The summed E-state index contributed by atoms with van der Waals surface area (Å²) in [5.74, 6) is -0.347. The number of piperazine rings is 1. The minimum absolute atomic E-state index is 0.128. The van der Waals surface area contributed by atoms with E-state index in [1.54, 1.807) is 49.9 Å². The molecule has 2 aromatic rings. The molecule has 0 spiro atoms. The van der Waals surface area contributed by atoms with Gasteiger partial charge in [0.05, 0.1) is 4.90 Å². The predicted molar refractivity (Wildman–Crippen MR) is 114 cm³/mol. The van der Waals surface area contributed by atoms with Crippen molar-refractivity contribution in [2.75, 3.05) is 26.2 Å². The largest absolute Gasteiger partial charge is 0.336 e. The molecule has 1 N–H and O–H groups in total. The number of sulfonamides is 1. The average Bonchev–Trinajstić information content (AvgIpc) is 2.68. The van der Waals surface area contributed by atoms with Crippen molar-refractivity contribution >= 4 is 15.9 Å². The minimum atomic E-state index is -3.64. The first kappa shape index (κ1) is 22.4. The van der Waals surface area contributed by atoms with Gasteiger partial charge in [-0.15, -0.1) is 0 Å². The summed E-state index contributed by atoms with van der Waals surface area (Å²) in [5, 5.41) is 0. The number of nitrogens with zero attached hydrogens (tertiary/aromatic N) is 2. The molecule has 0 unspecified atom stereocenters. The molecule has 162 valence electrons. The van der Waals surface area contributed by atoms with Gasteiger partial charge < -0.3 is 4.90 Å². The van der Waals surface area contributed by atoms with Crippen molar-refractivity contribution in [3.63, 3.8) is 0 Å². The van der Waals surface area contributed by atoms with Crippen molar-refractivity contribution in [1.82, 2.24) is 14.5 Å². The summed E-state index contributed by atoms with van der Waals surface area (Å²) < 4.78 is 41.2. The predicted octanol–water partition coefficient (Wildman–Crippen LogP) is 2.86. The van der Waals surface area contributed by atoms with Crippen LogP contribution in [0, 0.1) is 5.82 Å². The van der Waals surface area contributed by atoms with Gasteiger partial charge in [-0.1, -0.05) is 18.2 Å². The zero-order valence-electron chi connectivity index (χ0n) is 17.6. The van der Waals surface area contributed by atoms with E-state index in [4.69, 9.17) is 0 Å². The molecule has 1 aliphatic heterocycles. The summed E-state index contributed by atoms with van der Waals surface area (Å²) in [6, 6.07) is 12.7. The summed E-state index contributed by atoms with van der Waals surface area (Å²) in [4.78, 5) is 16.8. The highest BCUT2D eigenvalue weighted by atomic mass is 32.2. The molecule has 1 amide bonds. The summed E-state index contributed by atoms with van der Waals surface area (Å²) in [5.41, 5.74) is 0.514. The molecule has 0 atom stereocenters. The molecule has 0 radical (unpaired) electrons. The van der Waals surface area contributed by atoms with E-state index in [9.17, 15) is 17.6 Å². The van der Waals surface area contributed by atoms with E-state index < -0.39 is 15.6 Å². The normalized spacial score (nSPS) is 15.9.